The number of nitrogens with one attached hydrogen (secondary N) is 2. The number of aryl methyl sites for hydroxylation is 1. The predicted octanol–water partition coefficient (Wildman–Crippen LogP) is 4.11. The first-order valence-corrected chi connectivity index (χ1v) is 8.85. The Hall–Kier alpha value is -3.34. The van der Waals surface area contributed by atoms with Crippen molar-refractivity contribution in [2.24, 2.45) is 0 Å². The fourth-order valence-corrected chi connectivity index (χ4v) is 2.74. The quantitative estimate of drug-likeness (QED) is 0.665. The fourth-order valence-electron chi connectivity index (χ4n) is 2.74. The van der Waals surface area contributed by atoms with Crippen molar-refractivity contribution in [3.63, 3.8) is 0 Å². The molecule has 27 heavy (non-hydrogen) atoms. The van der Waals surface area contributed by atoms with Crippen LogP contribution in [-0.4, -0.2) is 24.5 Å². The molecule has 1 heterocycles. The Kier molecular flexibility index (Phi) is 6.05. The van der Waals surface area contributed by atoms with E-state index in [9.17, 15) is 4.79 Å². The second-order valence-electron chi connectivity index (χ2n) is 6.23. The van der Waals surface area contributed by atoms with Gasteiger partial charge in [0.1, 0.15) is 11.6 Å². The molecule has 0 unspecified atom stereocenters. The molecule has 0 atom stereocenters. The molecule has 0 aliphatic heterocycles. The van der Waals surface area contributed by atoms with Crippen LogP contribution >= 0.6 is 0 Å². The molecule has 1 aromatic heterocycles. The average molecular weight is 361 g/mol. The maximum atomic E-state index is 12.4. The van der Waals surface area contributed by atoms with Crippen molar-refractivity contribution in [1.29, 1.82) is 0 Å². The molecule has 0 aliphatic rings. The third-order valence-electron chi connectivity index (χ3n) is 4.26. The lowest BCUT2D eigenvalue weighted by molar-refractivity contribution is 0.0954. The second kappa shape index (κ2) is 8.85. The molecule has 0 spiro atoms. The minimum Gasteiger partial charge on any atom is -0.497 e. The Morgan fingerprint density at radius 3 is 2.74 bits per heavy atom. The number of benzene rings is 2. The van der Waals surface area contributed by atoms with Crippen LogP contribution in [0.3, 0.4) is 0 Å². The lowest BCUT2D eigenvalue weighted by atomic mass is 10.1. The van der Waals surface area contributed by atoms with E-state index in [0.29, 0.717) is 17.9 Å². The molecule has 0 saturated heterocycles. The Balaban J connectivity index is 1.59. The van der Waals surface area contributed by atoms with Gasteiger partial charge in [0.2, 0.25) is 0 Å². The van der Waals surface area contributed by atoms with Gasteiger partial charge in [-0.25, -0.2) is 4.98 Å². The molecule has 0 fully saturated rings. The Bertz CT molecular complexity index is 925. The molecule has 3 rings (SSSR count). The number of hydrogen-bond acceptors (Lipinski definition) is 4. The normalized spacial score (nSPS) is 10.3. The number of aromatic nitrogens is 1. The van der Waals surface area contributed by atoms with Crippen LogP contribution in [0.25, 0.3) is 0 Å². The van der Waals surface area contributed by atoms with Gasteiger partial charge in [0, 0.05) is 24.0 Å². The number of amides is 1. The molecule has 0 aliphatic carbocycles. The van der Waals surface area contributed by atoms with Gasteiger partial charge in [0.25, 0.3) is 5.91 Å². The van der Waals surface area contributed by atoms with Gasteiger partial charge in [-0.05, 0) is 54.8 Å². The van der Waals surface area contributed by atoms with E-state index in [-0.39, 0.29) is 5.91 Å². The largest absolute Gasteiger partial charge is 0.497 e. The Labute approximate surface area is 159 Å². The number of para-hydroxylation sites is 1. The highest BCUT2D eigenvalue weighted by molar-refractivity contribution is 5.94. The van der Waals surface area contributed by atoms with Crippen LogP contribution in [0.4, 0.5) is 11.5 Å². The number of methoxy groups -OCH3 is 1. The molecular weight excluding hydrogens is 338 g/mol. The zero-order valence-corrected chi connectivity index (χ0v) is 15.5. The summed E-state index contributed by atoms with van der Waals surface area (Å²) < 4.78 is 5.22. The minimum absolute atomic E-state index is 0.117. The highest BCUT2D eigenvalue weighted by atomic mass is 16.5. The smallest absolute Gasteiger partial charge is 0.251 e. The van der Waals surface area contributed by atoms with Crippen LogP contribution in [0.5, 0.6) is 5.75 Å². The van der Waals surface area contributed by atoms with Gasteiger partial charge in [-0.1, -0.05) is 30.3 Å². The number of pyridine rings is 1. The van der Waals surface area contributed by atoms with Crippen LogP contribution < -0.4 is 15.4 Å². The maximum Gasteiger partial charge on any atom is 0.251 e. The van der Waals surface area contributed by atoms with E-state index in [1.807, 2.05) is 55.5 Å². The lowest BCUT2D eigenvalue weighted by Crippen LogP contribution is -2.25. The summed E-state index contributed by atoms with van der Waals surface area (Å²) >= 11 is 0. The summed E-state index contributed by atoms with van der Waals surface area (Å²) in [5.74, 6) is 1.35. The van der Waals surface area contributed by atoms with E-state index in [2.05, 4.69) is 15.6 Å². The SMILES string of the molecule is COc1cccc(CCNC(=O)c2ccnc(Nc3ccccc3C)c2)c1. The van der Waals surface area contributed by atoms with Crippen LogP contribution in [0.1, 0.15) is 21.5 Å². The van der Waals surface area contributed by atoms with Crippen molar-refractivity contribution in [2.45, 2.75) is 13.3 Å². The third kappa shape index (κ3) is 5.07. The van der Waals surface area contributed by atoms with Crippen molar-refractivity contribution >= 4 is 17.4 Å². The van der Waals surface area contributed by atoms with E-state index in [1.54, 1.807) is 25.4 Å². The van der Waals surface area contributed by atoms with Gasteiger partial charge in [0.15, 0.2) is 0 Å². The summed E-state index contributed by atoms with van der Waals surface area (Å²) in [6.45, 7) is 2.58. The average Bonchev–Trinajstić information content (AvgIpc) is 2.70. The van der Waals surface area contributed by atoms with E-state index in [1.165, 1.54) is 0 Å². The molecule has 0 radical (unpaired) electrons. The van der Waals surface area contributed by atoms with Crippen LogP contribution in [0.15, 0.2) is 66.9 Å². The number of rotatable bonds is 7. The Morgan fingerprint density at radius 1 is 1.07 bits per heavy atom. The van der Waals surface area contributed by atoms with E-state index >= 15 is 0 Å². The highest BCUT2D eigenvalue weighted by Crippen LogP contribution is 2.19. The molecule has 5 heteroatoms. The van der Waals surface area contributed by atoms with Crippen LogP contribution in [0.2, 0.25) is 0 Å². The maximum absolute atomic E-state index is 12.4. The minimum atomic E-state index is -0.117. The van der Waals surface area contributed by atoms with Crippen molar-refractivity contribution in [3.8, 4) is 5.75 Å². The summed E-state index contributed by atoms with van der Waals surface area (Å²) in [6, 6.07) is 19.3. The topological polar surface area (TPSA) is 63.2 Å². The summed E-state index contributed by atoms with van der Waals surface area (Å²) in [7, 11) is 1.65. The number of hydrogen-bond donors (Lipinski definition) is 2. The number of ether oxygens (including phenoxy) is 1. The fraction of sp³-hybridized carbons (Fsp3) is 0.182. The molecular formula is C22H23N3O2. The lowest BCUT2D eigenvalue weighted by Gasteiger charge is -2.10. The molecule has 5 nitrogen and oxygen atoms in total. The number of anilines is 2. The summed E-state index contributed by atoms with van der Waals surface area (Å²) in [6.07, 6.45) is 2.37. The third-order valence-corrected chi connectivity index (χ3v) is 4.26. The molecule has 2 aromatic carbocycles. The van der Waals surface area contributed by atoms with E-state index in [0.717, 1.165) is 29.0 Å². The molecule has 0 saturated carbocycles. The molecule has 138 valence electrons. The molecule has 3 aromatic rings. The second-order valence-corrected chi connectivity index (χ2v) is 6.23. The van der Waals surface area contributed by atoms with Gasteiger partial charge >= 0.3 is 0 Å². The van der Waals surface area contributed by atoms with E-state index < -0.39 is 0 Å². The number of nitrogens with zero attached hydrogens (tertiary/aromatic N) is 1. The van der Waals surface area contributed by atoms with Crippen molar-refractivity contribution in [2.75, 3.05) is 19.0 Å². The van der Waals surface area contributed by atoms with Gasteiger partial charge in [-0.3, -0.25) is 4.79 Å². The number of carbonyl (C=O) groups is 1. The van der Waals surface area contributed by atoms with Crippen LogP contribution in [-0.2, 0) is 6.42 Å². The van der Waals surface area contributed by atoms with Crippen molar-refractivity contribution < 1.29 is 9.53 Å². The first kappa shape index (κ1) is 18.5. The zero-order valence-electron chi connectivity index (χ0n) is 15.5. The molecule has 2 N–H and O–H groups in total. The predicted molar refractivity (Wildman–Crippen MR) is 108 cm³/mol. The first-order chi connectivity index (χ1) is 13.2. The molecule has 1 amide bonds. The van der Waals surface area contributed by atoms with Gasteiger partial charge in [-0.15, -0.1) is 0 Å². The van der Waals surface area contributed by atoms with E-state index in [4.69, 9.17) is 4.74 Å². The summed E-state index contributed by atoms with van der Waals surface area (Å²) in [5, 5.41) is 6.21. The van der Waals surface area contributed by atoms with Gasteiger partial charge in [-0.2, -0.15) is 0 Å². The van der Waals surface area contributed by atoms with Crippen LogP contribution in [0, 0.1) is 6.92 Å². The van der Waals surface area contributed by atoms with Crippen molar-refractivity contribution in [3.05, 3.63) is 83.6 Å². The highest BCUT2D eigenvalue weighted by Gasteiger charge is 2.07. The Morgan fingerprint density at radius 2 is 1.93 bits per heavy atom. The monoisotopic (exact) mass is 361 g/mol. The number of carbonyl (C=O) groups excluding carboxylic acids is 1. The molecule has 0 bridgehead atoms. The zero-order chi connectivity index (χ0) is 19.1. The summed E-state index contributed by atoms with van der Waals surface area (Å²) in [5.41, 5.74) is 3.78. The standard InChI is InChI=1S/C22H23N3O2/c1-16-6-3-4-9-20(16)25-21-15-18(11-13-23-21)22(26)24-12-10-17-7-5-8-19(14-17)27-2/h3-9,11,13-15H,10,12H2,1-2H3,(H,23,25)(H,24,26). The van der Waals surface area contributed by atoms with Crippen molar-refractivity contribution in [1.82, 2.24) is 10.3 Å². The first-order valence-electron chi connectivity index (χ1n) is 8.85. The van der Waals surface area contributed by atoms with Gasteiger partial charge < -0.3 is 15.4 Å². The van der Waals surface area contributed by atoms with Gasteiger partial charge in [0.05, 0.1) is 7.11 Å². The summed E-state index contributed by atoms with van der Waals surface area (Å²) in [4.78, 5) is 16.7.